The number of rotatable bonds is 4. The molecule has 86 valence electrons. The number of aromatic nitrogens is 1. The minimum Gasteiger partial charge on any atom is -0.306 e. The Hall–Kier alpha value is -1.55. The Labute approximate surface area is 96.3 Å². The van der Waals surface area contributed by atoms with Crippen LogP contribution in [0.1, 0.15) is 26.0 Å². The molecule has 0 aromatic carbocycles. The van der Waals surface area contributed by atoms with Gasteiger partial charge in [-0.15, -0.1) is 5.53 Å². The second-order valence-corrected chi connectivity index (χ2v) is 4.44. The minimum absolute atomic E-state index is 0.662. The summed E-state index contributed by atoms with van der Waals surface area (Å²) in [5.41, 5.74) is 8.56. The Balaban J connectivity index is 1.91. The summed E-state index contributed by atoms with van der Waals surface area (Å²) in [6, 6.07) is 5.96. The summed E-state index contributed by atoms with van der Waals surface area (Å²) in [7, 11) is 0. The van der Waals surface area contributed by atoms with Crippen molar-refractivity contribution >= 4 is 0 Å². The predicted molar refractivity (Wildman–Crippen MR) is 63.6 cm³/mol. The van der Waals surface area contributed by atoms with Gasteiger partial charge in [-0.3, -0.25) is 9.99 Å². The molecule has 2 rings (SSSR count). The first-order valence-corrected chi connectivity index (χ1v) is 5.63. The molecule has 0 saturated carbocycles. The summed E-state index contributed by atoms with van der Waals surface area (Å²) in [6.45, 7) is 5.20. The van der Waals surface area contributed by atoms with Crippen LogP contribution in [0.15, 0.2) is 36.3 Å². The Morgan fingerprint density at radius 2 is 2.25 bits per heavy atom. The van der Waals surface area contributed by atoms with Gasteiger partial charge in [0.25, 0.3) is 0 Å². The number of nitrogens with one attached hydrogen (secondary N) is 2. The molecule has 0 spiro atoms. The van der Waals surface area contributed by atoms with Crippen LogP contribution >= 0.6 is 0 Å². The van der Waals surface area contributed by atoms with Gasteiger partial charge in [0.05, 0.1) is 12.2 Å². The average molecular weight is 218 g/mol. The van der Waals surface area contributed by atoms with Gasteiger partial charge in [0.1, 0.15) is 0 Å². The van der Waals surface area contributed by atoms with Crippen molar-refractivity contribution in [1.82, 2.24) is 21.0 Å². The molecule has 1 aromatic rings. The van der Waals surface area contributed by atoms with E-state index in [9.17, 15) is 0 Å². The fourth-order valence-electron chi connectivity index (χ4n) is 1.69. The lowest BCUT2D eigenvalue weighted by Gasteiger charge is -2.14. The van der Waals surface area contributed by atoms with Gasteiger partial charge in [0, 0.05) is 18.1 Å². The third-order valence-corrected chi connectivity index (χ3v) is 2.36. The second-order valence-electron chi connectivity index (χ2n) is 4.44. The second kappa shape index (κ2) is 4.99. The zero-order chi connectivity index (χ0) is 11.4. The van der Waals surface area contributed by atoms with Crippen molar-refractivity contribution in [2.45, 2.75) is 26.8 Å². The zero-order valence-electron chi connectivity index (χ0n) is 9.77. The minimum atomic E-state index is 0.662. The van der Waals surface area contributed by atoms with E-state index in [1.807, 2.05) is 29.4 Å². The number of nitrogens with zero attached hydrogens (tertiary/aromatic N) is 2. The molecule has 16 heavy (non-hydrogen) atoms. The Bertz CT molecular complexity index is 359. The maximum Gasteiger partial charge on any atom is 0.0778 e. The molecular weight excluding hydrogens is 200 g/mol. The zero-order valence-corrected chi connectivity index (χ0v) is 9.77. The van der Waals surface area contributed by atoms with Crippen LogP contribution < -0.4 is 11.0 Å². The van der Waals surface area contributed by atoms with E-state index in [0.29, 0.717) is 5.92 Å². The lowest BCUT2D eigenvalue weighted by atomic mass is 10.1. The monoisotopic (exact) mass is 218 g/mol. The van der Waals surface area contributed by atoms with E-state index < -0.39 is 0 Å². The van der Waals surface area contributed by atoms with Gasteiger partial charge in [-0.05, 0) is 24.5 Å². The molecule has 4 heteroatoms. The Morgan fingerprint density at radius 3 is 2.94 bits per heavy atom. The van der Waals surface area contributed by atoms with Crippen molar-refractivity contribution in [2.75, 3.05) is 0 Å². The summed E-state index contributed by atoms with van der Waals surface area (Å²) in [5.74, 6) is 0.662. The van der Waals surface area contributed by atoms with Crippen LogP contribution in [0.2, 0.25) is 0 Å². The molecule has 0 bridgehead atoms. The molecule has 4 nitrogen and oxygen atoms in total. The normalized spacial score (nSPS) is 15.2. The molecule has 0 aliphatic carbocycles. The Morgan fingerprint density at radius 1 is 1.38 bits per heavy atom. The van der Waals surface area contributed by atoms with Crippen molar-refractivity contribution in [1.29, 1.82) is 0 Å². The van der Waals surface area contributed by atoms with Gasteiger partial charge in [-0.1, -0.05) is 19.9 Å². The maximum atomic E-state index is 4.29. The largest absolute Gasteiger partial charge is 0.306 e. The molecular formula is C12H18N4. The van der Waals surface area contributed by atoms with Crippen LogP contribution in [-0.4, -0.2) is 9.99 Å². The lowest BCUT2D eigenvalue weighted by molar-refractivity contribution is 0.259. The van der Waals surface area contributed by atoms with Crippen LogP contribution in [-0.2, 0) is 6.54 Å². The Kier molecular flexibility index (Phi) is 3.41. The molecule has 0 amide bonds. The van der Waals surface area contributed by atoms with Gasteiger partial charge < -0.3 is 5.43 Å². The van der Waals surface area contributed by atoms with E-state index in [1.54, 1.807) is 0 Å². The molecule has 2 N–H and O–H groups in total. The van der Waals surface area contributed by atoms with Crippen LogP contribution in [0.25, 0.3) is 0 Å². The average Bonchev–Trinajstić information content (AvgIpc) is 2.66. The molecule has 1 aromatic heterocycles. The highest BCUT2D eigenvalue weighted by molar-refractivity contribution is 5.07. The van der Waals surface area contributed by atoms with Gasteiger partial charge >= 0.3 is 0 Å². The topological polar surface area (TPSA) is 40.2 Å². The van der Waals surface area contributed by atoms with Crippen molar-refractivity contribution in [3.63, 3.8) is 0 Å². The van der Waals surface area contributed by atoms with E-state index in [-0.39, 0.29) is 0 Å². The van der Waals surface area contributed by atoms with Crippen LogP contribution in [0.3, 0.4) is 0 Å². The molecule has 0 radical (unpaired) electrons. The quantitative estimate of drug-likeness (QED) is 0.808. The standard InChI is InChI=1S/C12H18N4/c1-10(2)7-12-9-16(15-14-12)8-11-5-3-4-6-13-11/h3-6,9-10,14-15H,7-8H2,1-2H3. The van der Waals surface area contributed by atoms with Gasteiger partial charge in [-0.25, -0.2) is 0 Å². The van der Waals surface area contributed by atoms with Crippen molar-refractivity contribution < 1.29 is 0 Å². The number of hydrogen-bond acceptors (Lipinski definition) is 4. The number of pyridine rings is 1. The summed E-state index contributed by atoms with van der Waals surface area (Å²) >= 11 is 0. The van der Waals surface area contributed by atoms with Crippen molar-refractivity contribution in [2.24, 2.45) is 5.92 Å². The number of hydrazine groups is 2. The third kappa shape index (κ3) is 2.97. The highest BCUT2D eigenvalue weighted by atomic mass is 15.7. The van der Waals surface area contributed by atoms with Gasteiger partial charge in [0.2, 0.25) is 0 Å². The molecule has 1 aliphatic rings. The molecule has 1 aliphatic heterocycles. The van der Waals surface area contributed by atoms with E-state index in [1.165, 1.54) is 5.70 Å². The molecule has 0 saturated heterocycles. The molecule has 0 unspecified atom stereocenters. The fraction of sp³-hybridized carbons (Fsp3) is 0.417. The number of hydrogen-bond donors (Lipinski definition) is 2. The molecule has 2 heterocycles. The summed E-state index contributed by atoms with van der Waals surface area (Å²) < 4.78 is 0. The highest BCUT2D eigenvalue weighted by Crippen LogP contribution is 2.12. The van der Waals surface area contributed by atoms with Gasteiger partial charge in [0.15, 0.2) is 0 Å². The lowest BCUT2D eigenvalue weighted by Crippen LogP contribution is -2.36. The van der Waals surface area contributed by atoms with E-state index in [2.05, 4.69) is 36.0 Å². The molecule has 0 atom stereocenters. The van der Waals surface area contributed by atoms with Crippen molar-refractivity contribution in [3.8, 4) is 0 Å². The summed E-state index contributed by atoms with van der Waals surface area (Å²) in [6.07, 6.45) is 4.98. The summed E-state index contributed by atoms with van der Waals surface area (Å²) in [4.78, 5) is 4.29. The number of allylic oxidation sites excluding steroid dienone is 1. The van der Waals surface area contributed by atoms with E-state index in [4.69, 9.17) is 0 Å². The van der Waals surface area contributed by atoms with Crippen LogP contribution in [0.5, 0.6) is 0 Å². The summed E-state index contributed by atoms with van der Waals surface area (Å²) in [5, 5.41) is 2.01. The fourth-order valence-corrected chi connectivity index (χ4v) is 1.69. The highest BCUT2D eigenvalue weighted by Gasteiger charge is 2.12. The van der Waals surface area contributed by atoms with Crippen LogP contribution in [0, 0.1) is 5.92 Å². The van der Waals surface area contributed by atoms with Crippen LogP contribution in [0.4, 0.5) is 0 Å². The first-order valence-electron chi connectivity index (χ1n) is 5.63. The van der Waals surface area contributed by atoms with Gasteiger partial charge in [-0.2, -0.15) is 0 Å². The van der Waals surface area contributed by atoms with E-state index in [0.717, 1.165) is 18.7 Å². The SMILES string of the molecule is CC(C)CC1=CN(Cc2ccccn2)NN1. The smallest absolute Gasteiger partial charge is 0.0778 e. The first kappa shape index (κ1) is 11.0. The van der Waals surface area contributed by atoms with Crippen molar-refractivity contribution in [3.05, 3.63) is 42.0 Å². The first-order chi connectivity index (χ1) is 7.74. The molecule has 0 fully saturated rings. The third-order valence-electron chi connectivity index (χ3n) is 2.36. The maximum absolute atomic E-state index is 4.29. The predicted octanol–water partition coefficient (Wildman–Crippen LogP) is 1.79. The van der Waals surface area contributed by atoms with E-state index >= 15 is 0 Å².